The number of pyridine rings is 1. The Hall–Kier alpha value is -2.66. The zero-order valence-corrected chi connectivity index (χ0v) is 16.0. The van der Waals surface area contributed by atoms with Gasteiger partial charge in [0, 0.05) is 24.3 Å². The van der Waals surface area contributed by atoms with Gasteiger partial charge >= 0.3 is 0 Å². The fraction of sp³-hybridized carbons (Fsp3) is 0.364. The molecule has 3 rings (SSSR count). The van der Waals surface area contributed by atoms with Crippen LogP contribution >= 0.6 is 0 Å². The number of hydrogen-bond acceptors (Lipinski definition) is 4. The summed E-state index contributed by atoms with van der Waals surface area (Å²) in [5.74, 6) is 1.60. The molecule has 2 heterocycles. The van der Waals surface area contributed by atoms with Gasteiger partial charge in [-0.15, -0.1) is 0 Å². The first-order valence-electron chi connectivity index (χ1n) is 9.47. The standard InChI is InChI=1S/C22H27N3O2/c1-3-17(2)16-25-13-10-18(11-14-25)22(26)24-19-6-8-20(9-7-19)27-21-5-4-12-23-15-21/h3-9,12,15,18H,10-11,13-14,16H2,1-2H3,(H,24,26). The SMILES string of the molecule is CC=C(C)CN1CCC(C(=O)Nc2ccc(Oc3cccnc3)cc2)CC1. The lowest BCUT2D eigenvalue weighted by molar-refractivity contribution is -0.121. The number of carbonyl (C=O) groups excluding carboxylic acids is 1. The van der Waals surface area contributed by atoms with Crippen LogP contribution in [0, 0.1) is 5.92 Å². The Labute approximate surface area is 161 Å². The fourth-order valence-electron chi connectivity index (χ4n) is 3.19. The summed E-state index contributed by atoms with van der Waals surface area (Å²) < 4.78 is 5.72. The van der Waals surface area contributed by atoms with E-state index < -0.39 is 0 Å². The van der Waals surface area contributed by atoms with Gasteiger partial charge in [0.2, 0.25) is 5.91 Å². The highest BCUT2D eigenvalue weighted by Gasteiger charge is 2.24. The third-order valence-electron chi connectivity index (χ3n) is 4.92. The molecule has 1 aromatic carbocycles. The van der Waals surface area contributed by atoms with E-state index in [1.54, 1.807) is 12.4 Å². The van der Waals surface area contributed by atoms with Gasteiger partial charge in [-0.2, -0.15) is 0 Å². The minimum Gasteiger partial charge on any atom is -0.456 e. The van der Waals surface area contributed by atoms with Crippen molar-refractivity contribution >= 4 is 11.6 Å². The zero-order valence-electron chi connectivity index (χ0n) is 16.0. The van der Waals surface area contributed by atoms with Crippen LogP contribution in [0.25, 0.3) is 0 Å². The summed E-state index contributed by atoms with van der Waals surface area (Å²) in [4.78, 5) is 19.0. The Morgan fingerprint density at radius 2 is 1.96 bits per heavy atom. The molecule has 0 saturated carbocycles. The number of allylic oxidation sites excluding steroid dienone is 1. The van der Waals surface area contributed by atoms with Crippen LogP contribution in [0.1, 0.15) is 26.7 Å². The van der Waals surface area contributed by atoms with Crippen molar-refractivity contribution in [3.05, 3.63) is 60.4 Å². The normalized spacial score (nSPS) is 16.1. The lowest BCUT2D eigenvalue weighted by Gasteiger charge is -2.31. The molecule has 0 radical (unpaired) electrons. The molecule has 0 spiro atoms. The van der Waals surface area contributed by atoms with Crippen LogP contribution in [0.4, 0.5) is 5.69 Å². The minimum absolute atomic E-state index is 0.0819. The maximum atomic E-state index is 12.5. The van der Waals surface area contributed by atoms with E-state index in [0.29, 0.717) is 11.5 Å². The zero-order chi connectivity index (χ0) is 19.1. The monoisotopic (exact) mass is 365 g/mol. The molecule has 0 unspecified atom stereocenters. The second-order valence-corrected chi connectivity index (χ2v) is 6.99. The summed E-state index contributed by atoms with van der Waals surface area (Å²) in [6.07, 6.45) is 7.34. The van der Waals surface area contributed by atoms with Gasteiger partial charge in [0.15, 0.2) is 0 Å². The maximum absolute atomic E-state index is 12.5. The van der Waals surface area contributed by atoms with E-state index in [-0.39, 0.29) is 11.8 Å². The molecule has 1 aliphatic heterocycles. The number of likely N-dealkylation sites (tertiary alicyclic amines) is 1. The first-order chi connectivity index (χ1) is 13.1. The summed E-state index contributed by atoms with van der Waals surface area (Å²) in [5, 5.41) is 3.03. The lowest BCUT2D eigenvalue weighted by atomic mass is 9.95. The van der Waals surface area contributed by atoms with Crippen molar-refractivity contribution in [1.82, 2.24) is 9.88 Å². The minimum atomic E-state index is 0.0819. The topological polar surface area (TPSA) is 54.5 Å². The molecule has 1 saturated heterocycles. The molecule has 1 N–H and O–H groups in total. The number of nitrogens with zero attached hydrogens (tertiary/aromatic N) is 2. The second-order valence-electron chi connectivity index (χ2n) is 6.99. The Bertz CT molecular complexity index is 764. The number of rotatable bonds is 6. The average molecular weight is 365 g/mol. The number of ether oxygens (including phenoxy) is 1. The molecule has 142 valence electrons. The first kappa shape index (κ1) is 19.1. The van der Waals surface area contributed by atoms with Crippen molar-refractivity contribution in [1.29, 1.82) is 0 Å². The molecule has 1 aliphatic rings. The summed E-state index contributed by atoms with van der Waals surface area (Å²) in [6, 6.07) is 11.1. The van der Waals surface area contributed by atoms with Crippen LogP contribution in [0.5, 0.6) is 11.5 Å². The van der Waals surface area contributed by atoms with E-state index in [0.717, 1.165) is 38.2 Å². The van der Waals surface area contributed by atoms with Crippen LogP contribution in [0.15, 0.2) is 60.4 Å². The molecule has 5 heteroatoms. The smallest absolute Gasteiger partial charge is 0.227 e. The fourth-order valence-corrected chi connectivity index (χ4v) is 3.19. The van der Waals surface area contributed by atoms with Gasteiger partial charge < -0.3 is 10.1 Å². The molecular formula is C22H27N3O2. The first-order valence-corrected chi connectivity index (χ1v) is 9.47. The molecule has 0 bridgehead atoms. The quantitative estimate of drug-likeness (QED) is 0.766. The Morgan fingerprint density at radius 3 is 2.59 bits per heavy atom. The second kappa shape index (κ2) is 9.33. The molecule has 0 atom stereocenters. The van der Waals surface area contributed by atoms with Crippen molar-refractivity contribution in [2.45, 2.75) is 26.7 Å². The number of carbonyl (C=O) groups is 1. The van der Waals surface area contributed by atoms with Crippen LogP contribution in [-0.4, -0.2) is 35.4 Å². The summed E-state index contributed by atoms with van der Waals surface area (Å²) in [5.41, 5.74) is 2.18. The average Bonchev–Trinajstić information content (AvgIpc) is 2.70. The van der Waals surface area contributed by atoms with Crippen molar-refractivity contribution in [2.24, 2.45) is 5.92 Å². The van der Waals surface area contributed by atoms with E-state index >= 15 is 0 Å². The third kappa shape index (κ3) is 5.66. The predicted molar refractivity (Wildman–Crippen MR) is 108 cm³/mol. The van der Waals surface area contributed by atoms with Crippen molar-refractivity contribution in [3.63, 3.8) is 0 Å². The molecule has 1 amide bonds. The number of benzene rings is 1. The number of piperidine rings is 1. The van der Waals surface area contributed by atoms with Crippen LogP contribution in [0.3, 0.4) is 0 Å². The molecule has 27 heavy (non-hydrogen) atoms. The van der Waals surface area contributed by atoms with Gasteiger partial charge in [0.05, 0.1) is 6.20 Å². The molecule has 1 fully saturated rings. The van der Waals surface area contributed by atoms with Crippen LogP contribution in [-0.2, 0) is 4.79 Å². The van der Waals surface area contributed by atoms with Crippen LogP contribution in [0.2, 0.25) is 0 Å². The Kier molecular flexibility index (Phi) is 6.60. The van der Waals surface area contributed by atoms with E-state index in [1.807, 2.05) is 36.4 Å². The van der Waals surface area contributed by atoms with Gasteiger partial charge in [-0.25, -0.2) is 0 Å². The highest BCUT2D eigenvalue weighted by atomic mass is 16.5. The van der Waals surface area contributed by atoms with Crippen molar-refractivity contribution in [3.8, 4) is 11.5 Å². The molecular weight excluding hydrogens is 338 g/mol. The van der Waals surface area contributed by atoms with Gasteiger partial charge in [0.25, 0.3) is 0 Å². The third-order valence-corrected chi connectivity index (χ3v) is 4.92. The van der Waals surface area contributed by atoms with Gasteiger partial charge in [-0.3, -0.25) is 14.7 Å². The van der Waals surface area contributed by atoms with Gasteiger partial charge in [0.1, 0.15) is 11.5 Å². The number of hydrogen-bond donors (Lipinski definition) is 1. The lowest BCUT2D eigenvalue weighted by Crippen LogP contribution is -2.38. The number of anilines is 1. The number of aromatic nitrogens is 1. The van der Waals surface area contributed by atoms with Gasteiger partial charge in [-0.05, 0) is 76.2 Å². The molecule has 5 nitrogen and oxygen atoms in total. The molecule has 2 aromatic rings. The maximum Gasteiger partial charge on any atom is 0.227 e. The van der Waals surface area contributed by atoms with Gasteiger partial charge in [-0.1, -0.05) is 11.6 Å². The Balaban J connectivity index is 1.48. The summed E-state index contributed by atoms with van der Waals surface area (Å²) >= 11 is 0. The number of amides is 1. The number of nitrogens with one attached hydrogen (secondary N) is 1. The summed E-state index contributed by atoms with van der Waals surface area (Å²) in [7, 11) is 0. The predicted octanol–water partition coefficient (Wildman–Crippen LogP) is 4.49. The highest BCUT2D eigenvalue weighted by Crippen LogP contribution is 2.24. The van der Waals surface area contributed by atoms with E-state index in [2.05, 4.69) is 35.1 Å². The van der Waals surface area contributed by atoms with E-state index in [4.69, 9.17) is 4.74 Å². The van der Waals surface area contributed by atoms with Crippen molar-refractivity contribution in [2.75, 3.05) is 25.0 Å². The van der Waals surface area contributed by atoms with Crippen LogP contribution < -0.4 is 10.1 Å². The van der Waals surface area contributed by atoms with E-state index in [1.165, 1.54) is 5.57 Å². The van der Waals surface area contributed by atoms with Crippen molar-refractivity contribution < 1.29 is 9.53 Å². The molecule has 1 aromatic heterocycles. The highest BCUT2D eigenvalue weighted by molar-refractivity contribution is 5.92. The molecule has 0 aliphatic carbocycles. The largest absolute Gasteiger partial charge is 0.456 e. The Morgan fingerprint density at radius 1 is 1.22 bits per heavy atom. The summed E-state index contributed by atoms with van der Waals surface area (Å²) in [6.45, 7) is 7.18. The van der Waals surface area contributed by atoms with E-state index in [9.17, 15) is 4.79 Å².